The van der Waals surface area contributed by atoms with Crippen molar-refractivity contribution in [1.82, 2.24) is 0 Å². The molecule has 152 valence electrons. The Hall–Kier alpha value is -0.620. The minimum absolute atomic E-state index is 0.0231. The third-order valence-corrected chi connectivity index (χ3v) is 4.24. The SMILES string of the molecule is CC(C)C(=O)C(C)F.CC(C)C(O)C(C)F.CC(C)C1(C(C)F)CO1. The number of carbonyl (C=O) groups excluding carboxylic acids is 1. The minimum atomic E-state index is -1.30. The highest BCUT2D eigenvalue weighted by Gasteiger charge is 2.52. The standard InChI is InChI=1S/C7H13FO.C6H13FO.C6H11FO/c1-5(2)7(4-9-7)6(3)8;2*1-4(2)6(8)5(3)7/h5-6H,4H2,1-3H3;4-6,8H,1-3H3;4-5H,1-3H3. The summed E-state index contributed by atoms with van der Waals surface area (Å²) in [7, 11) is 0. The highest BCUT2D eigenvalue weighted by atomic mass is 19.1. The molecule has 0 aromatic carbocycles. The van der Waals surface area contributed by atoms with Crippen LogP contribution in [0.1, 0.15) is 62.3 Å². The molecule has 0 spiro atoms. The van der Waals surface area contributed by atoms with Crippen LogP contribution in [-0.4, -0.2) is 47.7 Å². The first-order chi connectivity index (χ1) is 11.2. The van der Waals surface area contributed by atoms with Gasteiger partial charge in [0.25, 0.3) is 0 Å². The Morgan fingerprint density at radius 1 is 0.960 bits per heavy atom. The number of aliphatic hydroxyl groups excluding tert-OH is 1. The number of carbonyl (C=O) groups is 1. The van der Waals surface area contributed by atoms with Crippen molar-refractivity contribution in [2.75, 3.05) is 6.61 Å². The first-order valence-corrected chi connectivity index (χ1v) is 8.98. The van der Waals surface area contributed by atoms with Gasteiger partial charge in [-0.05, 0) is 32.6 Å². The predicted molar refractivity (Wildman–Crippen MR) is 95.9 cm³/mol. The largest absolute Gasteiger partial charge is 0.390 e. The van der Waals surface area contributed by atoms with Gasteiger partial charge in [-0.2, -0.15) is 0 Å². The van der Waals surface area contributed by atoms with Gasteiger partial charge in [0.2, 0.25) is 0 Å². The number of rotatable bonds is 6. The van der Waals surface area contributed by atoms with Crippen LogP contribution in [-0.2, 0) is 9.53 Å². The van der Waals surface area contributed by atoms with E-state index in [1.54, 1.807) is 34.6 Å². The molecule has 5 atom stereocenters. The van der Waals surface area contributed by atoms with Crippen molar-refractivity contribution in [2.45, 2.75) is 92.5 Å². The lowest BCUT2D eigenvalue weighted by Crippen LogP contribution is -2.29. The Morgan fingerprint density at radius 2 is 1.36 bits per heavy atom. The fourth-order valence-corrected chi connectivity index (χ4v) is 2.10. The second-order valence-electron chi connectivity index (χ2n) is 7.60. The van der Waals surface area contributed by atoms with Gasteiger partial charge in [0.05, 0.1) is 12.7 Å². The number of Topliss-reactive ketones (excluding diaryl/α,β-unsaturated/α-hetero) is 1. The molecule has 0 aromatic heterocycles. The molecule has 3 nitrogen and oxygen atoms in total. The second kappa shape index (κ2) is 11.9. The highest BCUT2D eigenvalue weighted by molar-refractivity contribution is 5.84. The molecule has 0 saturated carbocycles. The fourth-order valence-electron chi connectivity index (χ4n) is 2.10. The Balaban J connectivity index is 0. The van der Waals surface area contributed by atoms with Gasteiger partial charge in [-0.15, -0.1) is 0 Å². The van der Waals surface area contributed by atoms with Crippen LogP contribution in [0.2, 0.25) is 0 Å². The van der Waals surface area contributed by atoms with Crippen LogP contribution in [0.5, 0.6) is 0 Å². The molecule has 1 rings (SSSR count). The summed E-state index contributed by atoms with van der Waals surface area (Å²) >= 11 is 0. The summed E-state index contributed by atoms with van der Waals surface area (Å²) < 4.78 is 41.8. The van der Waals surface area contributed by atoms with Gasteiger partial charge >= 0.3 is 0 Å². The van der Waals surface area contributed by atoms with Crippen LogP contribution < -0.4 is 0 Å². The van der Waals surface area contributed by atoms with Gasteiger partial charge in [0.15, 0.2) is 12.0 Å². The minimum Gasteiger partial charge on any atom is -0.390 e. The smallest absolute Gasteiger partial charge is 0.169 e. The van der Waals surface area contributed by atoms with Crippen LogP contribution in [0.3, 0.4) is 0 Å². The van der Waals surface area contributed by atoms with Crippen LogP contribution in [0, 0.1) is 17.8 Å². The maximum atomic E-state index is 12.7. The van der Waals surface area contributed by atoms with E-state index in [1.165, 1.54) is 13.8 Å². The van der Waals surface area contributed by atoms with Crippen molar-refractivity contribution >= 4 is 5.78 Å². The van der Waals surface area contributed by atoms with Gasteiger partial charge in [-0.1, -0.05) is 41.5 Å². The molecule has 0 aliphatic carbocycles. The van der Waals surface area contributed by atoms with Crippen molar-refractivity contribution in [3.63, 3.8) is 0 Å². The second-order valence-corrected chi connectivity index (χ2v) is 7.60. The fraction of sp³-hybridized carbons (Fsp3) is 0.947. The Bertz CT molecular complexity index is 335. The quantitative estimate of drug-likeness (QED) is 0.690. The highest BCUT2D eigenvalue weighted by Crippen LogP contribution is 2.39. The molecule has 1 aliphatic heterocycles. The normalized spacial score (nSPS) is 23.8. The number of aliphatic hydroxyl groups is 1. The van der Waals surface area contributed by atoms with Crippen molar-refractivity contribution < 1.29 is 27.8 Å². The van der Waals surface area contributed by atoms with Crippen molar-refractivity contribution in [2.24, 2.45) is 17.8 Å². The van der Waals surface area contributed by atoms with Gasteiger partial charge in [0.1, 0.15) is 17.9 Å². The number of halogens is 3. The van der Waals surface area contributed by atoms with Crippen LogP contribution in [0.4, 0.5) is 13.2 Å². The summed E-state index contributed by atoms with van der Waals surface area (Å²) in [6.07, 6.45) is -4.02. The van der Waals surface area contributed by atoms with Crippen molar-refractivity contribution in [3.05, 3.63) is 0 Å². The van der Waals surface area contributed by atoms with E-state index in [0.29, 0.717) is 12.5 Å². The Morgan fingerprint density at radius 3 is 1.36 bits per heavy atom. The third-order valence-electron chi connectivity index (χ3n) is 4.24. The summed E-state index contributed by atoms with van der Waals surface area (Å²) in [5, 5.41) is 8.83. The third kappa shape index (κ3) is 10.2. The van der Waals surface area contributed by atoms with E-state index in [-0.39, 0.29) is 17.6 Å². The molecule has 1 heterocycles. The summed E-state index contributed by atoms with van der Waals surface area (Å²) in [4.78, 5) is 10.5. The number of ether oxygens (including phenoxy) is 1. The summed E-state index contributed by atoms with van der Waals surface area (Å²) in [5.74, 6) is -0.160. The molecular weight excluding hydrogens is 333 g/mol. The lowest BCUT2D eigenvalue weighted by molar-refractivity contribution is -0.126. The number of epoxide rings is 1. The van der Waals surface area contributed by atoms with Gasteiger partial charge < -0.3 is 9.84 Å². The first-order valence-electron chi connectivity index (χ1n) is 8.98. The number of ketones is 1. The van der Waals surface area contributed by atoms with Gasteiger partial charge in [-0.25, -0.2) is 13.2 Å². The Kier molecular flexibility index (Phi) is 12.7. The summed E-state index contributed by atoms with van der Waals surface area (Å²) in [6.45, 7) is 15.7. The van der Waals surface area contributed by atoms with E-state index in [2.05, 4.69) is 0 Å². The molecular formula is C19H37F3O3. The maximum Gasteiger partial charge on any atom is 0.169 e. The van der Waals surface area contributed by atoms with E-state index in [4.69, 9.17) is 9.84 Å². The van der Waals surface area contributed by atoms with Gasteiger partial charge in [0, 0.05) is 5.92 Å². The molecule has 0 amide bonds. The van der Waals surface area contributed by atoms with Crippen LogP contribution in [0.15, 0.2) is 0 Å². The van der Waals surface area contributed by atoms with Gasteiger partial charge in [-0.3, -0.25) is 4.79 Å². The number of hydrogen-bond acceptors (Lipinski definition) is 3. The monoisotopic (exact) mass is 370 g/mol. The zero-order chi connectivity index (χ0) is 20.5. The molecule has 1 aliphatic rings. The van der Waals surface area contributed by atoms with E-state index >= 15 is 0 Å². The lowest BCUT2D eigenvalue weighted by Gasteiger charge is -2.16. The molecule has 6 heteroatoms. The summed E-state index contributed by atoms with van der Waals surface area (Å²) in [5.41, 5.74) is -0.417. The average Bonchev–Trinajstić information content (AvgIpc) is 3.28. The van der Waals surface area contributed by atoms with E-state index in [1.807, 2.05) is 13.8 Å². The van der Waals surface area contributed by atoms with E-state index in [9.17, 15) is 18.0 Å². The van der Waals surface area contributed by atoms with Crippen LogP contribution >= 0.6 is 0 Å². The number of hydrogen-bond donors (Lipinski definition) is 1. The molecule has 1 fully saturated rings. The molecule has 5 unspecified atom stereocenters. The predicted octanol–water partition coefficient (Wildman–Crippen LogP) is 4.70. The zero-order valence-electron chi connectivity index (χ0n) is 17.1. The molecule has 0 bridgehead atoms. The molecule has 25 heavy (non-hydrogen) atoms. The molecule has 0 radical (unpaired) electrons. The topological polar surface area (TPSA) is 49.8 Å². The first kappa shape index (κ1) is 26.6. The molecule has 0 aromatic rings. The molecule has 1 N–H and O–H groups in total. The lowest BCUT2D eigenvalue weighted by atomic mass is 9.93. The Labute approximate surface area is 151 Å². The maximum absolute atomic E-state index is 12.7. The van der Waals surface area contributed by atoms with Crippen molar-refractivity contribution in [1.29, 1.82) is 0 Å². The average molecular weight is 370 g/mol. The van der Waals surface area contributed by atoms with E-state index in [0.717, 1.165) is 0 Å². The van der Waals surface area contributed by atoms with Crippen LogP contribution in [0.25, 0.3) is 0 Å². The number of alkyl halides is 3. The van der Waals surface area contributed by atoms with E-state index < -0.39 is 30.2 Å². The molecule has 1 saturated heterocycles. The summed E-state index contributed by atoms with van der Waals surface area (Å²) in [6, 6.07) is 0. The van der Waals surface area contributed by atoms with Crippen molar-refractivity contribution in [3.8, 4) is 0 Å². The zero-order valence-corrected chi connectivity index (χ0v) is 17.1.